The molecular weight excluding hydrogens is 368 g/mol. The molecule has 0 fully saturated rings. The van der Waals surface area contributed by atoms with Crippen molar-refractivity contribution < 1.29 is 18.4 Å². The van der Waals surface area contributed by atoms with E-state index in [1.54, 1.807) is 12.2 Å². The molecule has 0 aromatic heterocycles. The SMILES string of the molecule is C=C/C(C)=C/CO[Si](OC/C=C/C(=O)OC)(c1ccccc1)c1ccccc1. The van der Waals surface area contributed by atoms with Crippen LogP contribution in [0.15, 0.2) is 97.1 Å². The number of methoxy groups -OCH3 is 1. The average Bonchev–Trinajstić information content (AvgIpc) is 2.76. The first-order chi connectivity index (χ1) is 13.6. The van der Waals surface area contributed by atoms with Crippen LogP contribution in [0.2, 0.25) is 0 Å². The summed E-state index contributed by atoms with van der Waals surface area (Å²) in [6, 6.07) is 19.9. The fourth-order valence-electron chi connectivity index (χ4n) is 2.61. The van der Waals surface area contributed by atoms with Crippen molar-refractivity contribution in [3.8, 4) is 0 Å². The number of carbonyl (C=O) groups excluding carboxylic acids is 1. The van der Waals surface area contributed by atoms with Crippen molar-refractivity contribution in [2.24, 2.45) is 0 Å². The van der Waals surface area contributed by atoms with Gasteiger partial charge >= 0.3 is 14.5 Å². The highest BCUT2D eigenvalue weighted by atomic mass is 28.4. The highest BCUT2D eigenvalue weighted by Crippen LogP contribution is 2.11. The maximum atomic E-state index is 11.4. The number of rotatable bonds is 10. The molecule has 0 unspecified atom stereocenters. The smallest absolute Gasteiger partial charge is 0.407 e. The topological polar surface area (TPSA) is 44.8 Å². The van der Waals surface area contributed by atoms with Gasteiger partial charge in [0.2, 0.25) is 0 Å². The summed E-state index contributed by atoms with van der Waals surface area (Å²) in [4.78, 5) is 11.4. The zero-order valence-electron chi connectivity index (χ0n) is 16.3. The maximum absolute atomic E-state index is 11.4. The molecule has 0 spiro atoms. The van der Waals surface area contributed by atoms with Crippen LogP contribution in [0.5, 0.6) is 0 Å². The van der Waals surface area contributed by atoms with Gasteiger partial charge in [-0.25, -0.2) is 4.79 Å². The van der Waals surface area contributed by atoms with Gasteiger partial charge in [-0.05, 0) is 17.3 Å². The van der Waals surface area contributed by atoms with Gasteiger partial charge in [-0.3, -0.25) is 0 Å². The summed E-state index contributed by atoms with van der Waals surface area (Å²) in [5, 5.41) is 2.00. The Bertz CT molecular complexity index is 774. The molecule has 5 heteroatoms. The summed E-state index contributed by atoms with van der Waals surface area (Å²) in [7, 11) is -1.65. The van der Waals surface area contributed by atoms with E-state index in [1.807, 2.05) is 73.7 Å². The van der Waals surface area contributed by atoms with Crippen molar-refractivity contribution in [3.05, 3.63) is 97.1 Å². The van der Waals surface area contributed by atoms with Crippen LogP contribution in [-0.2, 0) is 18.4 Å². The molecule has 0 radical (unpaired) electrons. The number of ether oxygens (including phenoxy) is 1. The molecule has 0 N–H and O–H groups in total. The van der Waals surface area contributed by atoms with Gasteiger partial charge in [-0.1, -0.05) is 91.0 Å². The van der Waals surface area contributed by atoms with Crippen molar-refractivity contribution in [3.63, 3.8) is 0 Å². The van der Waals surface area contributed by atoms with E-state index < -0.39 is 14.5 Å². The fraction of sp³-hybridized carbons (Fsp3) is 0.174. The third kappa shape index (κ3) is 5.89. The van der Waals surface area contributed by atoms with Crippen molar-refractivity contribution in [2.75, 3.05) is 20.3 Å². The molecule has 0 heterocycles. The molecule has 4 nitrogen and oxygen atoms in total. The summed E-state index contributed by atoms with van der Waals surface area (Å²) >= 11 is 0. The molecule has 0 saturated carbocycles. The number of benzene rings is 2. The summed E-state index contributed by atoms with van der Waals surface area (Å²) in [6.07, 6.45) is 6.77. The Morgan fingerprint density at radius 1 is 0.964 bits per heavy atom. The fourth-order valence-corrected chi connectivity index (χ4v) is 5.60. The molecule has 0 aliphatic rings. The quantitative estimate of drug-likeness (QED) is 0.269. The largest absolute Gasteiger partial charge is 0.466 e. The lowest BCUT2D eigenvalue weighted by Crippen LogP contribution is -2.63. The molecule has 0 bridgehead atoms. The number of hydrogen-bond acceptors (Lipinski definition) is 4. The van der Waals surface area contributed by atoms with Crippen LogP contribution in [-0.4, -0.2) is 34.9 Å². The van der Waals surface area contributed by atoms with Crippen LogP contribution in [0.25, 0.3) is 0 Å². The average molecular weight is 395 g/mol. The van der Waals surface area contributed by atoms with E-state index in [-0.39, 0.29) is 6.61 Å². The van der Waals surface area contributed by atoms with Crippen LogP contribution in [0.1, 0.15) is 6.92 Å². The number of allylic oxidation sites excluding steroid dienone is 2. The van der Waals surface area contributed by atoms with Crippen LogP contribution < -0.4 is 10.4 Å². The molecule has 0 atom stereocenters. The molecule has 2 rings (SSSR count). The number of carbonyl (C=O) groups is 1. The normalized spacial score (nSPS) is 12.1. The maximum Gasteiger partial charge on any atom is 0.407 e. The van der Waals surface area contributed by atoms with E-state index in [0.29, 0.717) is 6.61 Å². The Hall–Kier alpha value is -2.73. The molecule has 0 aliphatic carbocycles. The minimum Gasteiger partial charge on any atom is -0.466 e. The van der Waals surface area contributed by atoms with E-state index in [1.165, 1.54) is 13.2 Å². The van der Waals surface area contributed by atoms with Crippen molar-refractivity contribution in [2.45, 2.75) is 6.92 Å². The Morgan fingerprint density at radius 3 is 2.00 bits per heavy atom. The van der Waals surface area contributed by atoms with Gasteiger partial charge < -0.3 is 13.6 Å². The lowest BCUT2D eigenvalue weighted by Gasteiger charge is -2.31. The predicted molar refractivity (Wildman–Crippen MR) is 115 cm³/mol. The van der Waals surface area contributed by atoms with Gasteiger partial charge in [0, 0.05) is 6.08 Å². The highest BCUT2D eigenvalue weighted by molar-refractivity contribution is 6.92. The molecule has 28 heavy (non-hydrogen) atoms. The van der Waals surface area contributed by atoms with Crippen molar-refractivity contribution in [1.82, 2.24) is 0 Å². The number of hydrogen-bond donors (Lipinski definition) is 0. The highest BCUT2D eigenvalue weighted by Gasteiger charge is 2.42. The van der Waals surface area contributed by atoms with E-state index in [4.69, 9.17) is 8.85 Å². The van der Waals surface area contributed by atoms with Crippen molar-refractivity contribution >= 4 is 24.9 Å². The standard InChI is InChI=1S/C23H26O4Si/c1-4-20(2)17-19-27-28(21-12-7-5-8-13-21,22-14-9-6-10-15-22)26-18-11-16-23(24)25-3/h4-17H,1,18-19H2,2-3H3/b16-11+,20-17+. The molecule has 2 aromatic carbocycles. The van der Waals surface area contributed by atoms with Crippen LogP contribution in [0.3, 0.4) is 0 Å². The minimum atomic E-state index is -2.99. The Balaban J connectivity index is 2.41. The third-order valence-corrected chi connectivity index (χ3v) is 7.49. The molecule has 0 amide bonds. The van der Waals surface area contributed by atoms with Crippen LogP contribution in [0, 0.1) is 0 Å². The van der Waals surface area contributed by atoms with Gasteiger partial charge in [-0.2, -0.15) is 0 Å². The predicted octanol–water partition coefficient (Wildman–Crippen LogP) is 3.14. The van der Waals surface area contributed by atoms with Gasteiger partial charge in [0.25, 0.3) is 0 Å². The van der Waals surface area contributed by atoms with E-state index in [2.05, 4.69) is 11.3 Å². The first-order valence-corrected chi connectivity index (χ1v) is 10.9. The summed E-state index contributed by atoms with van der Waals surface area (Å²) < 4.78 is 17.5. The molecular formula is C23H26O4Si. The van der Waals surface area contributed by atoms with Crippen molar-refractivity contribution in [1.29, 1.82) is 0 Å². The first kappa shape index (κ1) is 21.6. The number of esters is 1. The summed E-state index contributed by atoms with van der Waals surface area (Å²) in [6.45, 7) is 6.39. The van der Waals surface area contributed by atoms with E-state index in [0.717, 1.165) is 15.9 Å². The van der Waals surface area contributed by atoms with E-state index in [9.17, 15) is 4.79 Å². The Kier molecular flexibility index (Phi) is 8.62. The van der Waals surface area contributed by atoms with Crippen LogP contribution >= 0.6 is 0 Å². The molecule has 0 aliphatic heterocycles. The molecule has 146 valence electrons. The second-order valence-corrected chi connectivity index (χ2v) is 9.01. The monoisotopic (exact) mass is 394 g/mol. The van der Waals surface area contributed by atoms with Gasteiger partial charge in [0.05, 0.1) is 20.3 Å². The zero-order chi connectivity index (χ0) is 20.2. The summed E-state index contributed by atoms with van der Waals surface area (Å²) in [5.41, 5.74) is 1.04. The Labute approximate surface area is 168 Å². The Morgan fingerprint density at radius 2 is 1.50 bits per heavy atom. The lowest BCUT2D eigenvalue weighted by atomic mass is 10.3. The second-order valence-electron chi connectivity index (χ2n) is 6.05. The third-order valence-electron chi connectivity index (χ3n) is 4.16. The zero-order valence-corrected chi connectivity index (χ0v) is 17.3. The van der Waals surface area contributed by atoms with Gasteiger partial charge in [0.1, 0.15) is 0 Å². The molecule has 0 saturated heterocycles. The lowest BCUT2D eigenvalue weighted by molar-refractivity contribution is -0.134. The van der Waals surface area contributed by atoms with Gasteiger partial charge in [0.15, 0.2) is 0 Å². The summed E-state index contributed by atoms with van der Waals surface area (Å²) in [5.74, 6) is -0.416. The van der Waals surface area contributed by atoms with Crippen LogP contribution in [0.4, 0.5) is 0 Å². The van der Waals surface area contributed by atoms with Gasteiger partial charge in [-0.15, -0.1) is 0 Å². The minimum absolute atomic E-state index is 0.231. The second kappa shape index (κ2) is 11.2. The first-order valence-electron chi connectivity index (χ1n) is 9.05. The van der Waals surface area contributed by atoms with E-state index >= 15 is 0 Å². The molecule has 2 aromatic rings.